The molecule has 1 saturated carbocycles. The van der Waals surface area contributed by atoms with Gasteiger partial charge in [-0.1, -0.05) is 23.8 Å². The molecule has 4 heteroatoms. The van der Waals surface area contributed by atoms with Gasteiger partial charge < -0.3 is 14.8 Å². The Morgan fingerprint density at radius 2 is 1.90 bits per heavy atom. The number of hydrogen-bond acceptors (Lipinski definition) is 3. The molecule has 1 aromatic rings. The minimum Gasteiger partial charge on any atom is -0.493 e. The normalized spacial score (nSPS) is 26.9. The lowest BCUT2D eigenvalue weighted by Crippen LogP contribution is -2.18. The monoisotopic (exact) mass is 293 g/mol. The number of anilines is 1. The Balaban J connectivity index is 1.69. The molecule has 0 heterocycles. The topological polar surface area (TPSA) is 30.5 Å². The number of methoxy groups -OCH3 is 2. The zero-order chi connectivity index (χ0) is 14.1. The molecule has 2 aliphatic carbocycles. The Morgan fingerprint density at radius 1 is 1.15 bits per heavy atom. The van der Waals surface area contributed by atoms with E-state index < -0.39 is 0 Å². The average Bonchev–Trinajstić information content (AvgIpc) is 3.08. The van der Waals surface area contributed by atoms with E-state index in [0.717, 1.165) is 24.1 Å². The average molecular weight is 294 g/mol. The SMILES string of the molecule is COc1cc(Cl)c(NCC2CC3C=CC2C3)cc1OC. The molecule has 0 saturated heterocycles. The van der Waals surface area contributed by atoms with Gasteiger partial charge in [-0.25, -0.2) is 0 Å². The molecular weight excluding hydrogens is 274 g/mol. The van der Waals surface area contributed by atoms with Crippen LogP contribution in [-0.2, 0) is 0 Å². The third-order valence-corrected chi connectivity index (χ3v) is 4.76. The summed E-state index contributed by atoms with van der Waals surface area (Å²) in [7, 11) is 3.25. The van der Waals surface area contributed by atoms with E-state index in [2.05, 4.69) is 17.5 Å². The molecule has 20 heavy (non-hydrogen) atoms. The summed E-state index contributed by atoms with van der Waals surface area (Å²) in [5.41, 5.74) is 0.913. The van der Waals surface area contributed by atoms with Gasteiger partial charge in [0.05, 0.1) is 24.9 Å². The first kappa shape index (κ1) is 13.6. The smallest absolute Gasteiger partial charge is 0.162 e. The summed E-state index contributed by atoms with van der Waals surface area (Å²) in [6.45, 7) is 0.959. The maximum Gasteiger partial charge on any atom is 0.162 e. The van der Waals surface area contributed by atoms with Crippen LogP contribution in [0.25, 0.3) is 0 Å². The van der Waals surface area contributed by atoms with Crippen molar-refractivity contribution in [2.24, 2.45) is 17.8 Å². The minimum atomic E-state index is 0.658. The number of ether oxygens (including phenoxy) is 2. The molecule has 3 rings (SSSR count). The van der Waals surface area contributed by atoms with Crippen molar-refractivity contribution in [1.29, 1.82) is 0 Å². The molecule has 3 unspecified atom stereocenters. The van der Waals surface area contributed by atoms with Gasteiger partial charge in [0.25, 0.3) is 0 Å². The van der Waals surface area contributed by atoms with Gasteiger partial charge in [-0.05, 0) is 30.6 Å². The van der Waals surface area contributed by atoms with Crippen molar-refractivity contribution in [1.82, 2.24) is 0 Å². The molecular formula is C16H20ClNO2. The second kappa shape index (κ2) is 5.57. The van der Waals surface area contributed by atoms with Gasteiger partial charge in [-0.15, -0.1) is 0 Å². The van der Waals surface area contributed by atoms with Gasteiger partial charge in [-0.3, -0.25) is 0 Å². The van der Waals surface area contributed by atoms with E-state index in [0.29, 0.717) is 22.4 Å². The van der Waals surface area contributed by atoms with E-state index in [1.807, 2.05) is 6.07 Å². The van der Waals surface area contributed by atoms with E-state index in [1.165, 1.54) is 12.8 Å². The van der Waals surface area contributed by atoms with Crippen LogP contribution in [0, 0.1) is 17.8 Å². The van der Waals surface area contributed by atoms with Gasteiger partial charge in [0.2, 0.25) is 0 Å². The van der Waals surface area contributed by atoms with Gasteiger partial charge in [0.1, 0.15) is 0 Å². The maximum absolute atomic E-state index is 6.29. The van der Waals surface area contributed by atoms with Crippen molar-refractivity contribution in [2.75, 3.05) is 26.1 Å². The summed E-state index contributed by atoms with van der Waals surface area (Å²) in [6.07, 6.45) is 7.35. The highest BCUT2D eigenvalue weighted by atomic mass is 35.5. The number of benzene rings is 1. The number of hydrogen-bond donors (Lipinski definition) is 1. The molecule has 0 amide bonds. The van der Waals surface area contributed by atoms with Crippen LogP contribution in [0.15, 0.2) is 24.3 Å². The molecule has 0 aromatic heterocycles. The molecule has 0 spiro atoms. The Kier molecular flexibility index (Phi) is 3.79. The van der Waals surface area contributed by atoms with Crippen molar-refractivity contribution in [3.8, 4) is 11.5 Å². The molecule has 3 atom stereocenters. The summed E-state index contributed by atoms with van der Waals surface area (Å²) >= 11 is 6.29. The molecule has 2 bridgehead atoms. The van der Waals surface area contributed by atoms with Gasteiger partial charge in [0.15, 0.2) is 11.5 Å². The van der Waals surface area contributed by atoms with Crippen LogP contribution in [0.4, 0.5) is 5.69 Å². The zero-order valence-electron chi connectivity index (χ0n) is 11.9. The van der Waals surface area contributed by atoms with E-state index in [9.17, 15) is 0 Å². The summed E-state index contributed by atoms with van der Waals surface area (Å²) in [5.74, 6) is 3.62. The quantitative estimate of drug-likeness (QED) is 0.833. The van der Waals surface area contributed by atoms with Crippen LogP contribution >= 0.6 is 11.6 Å². The fraction of sp³-hybridized carbons (Fsp3) is 0.500. The van der Waals surface area contributed by atoms with Gasteiger partial charge in [0, 0.05) is 18.7 Å². The van der Waals surface area contributed by atoms with Gasteiger partial charge in [-0.2, -0.15) is 0 Å². The second-order valence-corrected chi connectivity index (χ2v) is 6.02. The molecule has 0 radical (unpaired) electrons. The van der Waals surface area contributed by atoms with Crippen LogP contribution in [0.3, 0.4) is 0 Å². The van der Waals surface area contributed by atoms with Crippen LogP contribution in [0.1, 0.15) is 12.8 Å². The highest BCUT2D eigenvalue weighted by molar-refractivity contribution is 6.33. The predicted octanol–water partition coefficient (Wildman–Crippen LogP) is 3.98. The molecule has 2 aliphatic rings. The lowest BCUT2D eigenvalue weighted by molar-refractivity contribution is 0.355. The zero-order valence-corrected chi connectivity index (χ0v) is 12.6. The van der Waals surface area contributed by atoms with Crippen LogP contribution in [0.2, 0.25) is 5.02 Å². The lowest BCUT2D eigenvalue weighted by Gasteiger charge is -2.20. The van der Waals surface area contributed by atoms with Crippen molar-refractivity contribution >= 4 is 17.3 Å². The first-order valence-electron chi connectivity index (χ1n) is 7.05. The van der Waals surface area contributed by atoms with Crippen LogP contribution < -0.4 is 14.8 Å². The van der Waals surface area contributed by atoms with Crippen molar-refractivity contribution in [2.45, 2.75) is 12.8 Å². The Hall–Kier alpha value is -1.35. The first-order valence-corrected chi connectivity index (χ1v) is 7.42. The molecule has 108 valence electrons. The fourth-order valence-corrected chi connectivity index (χ4v) is 3.58. The largest absolute Gasteiger partial charge is 0.493 e. The van der Waals surface area contributed by atoms with E-state index >= 15 is 0 Å². The summed E-state index contributed by atoms with van der Waals surface area (Å²) in [6, 6.07) is 3.70. The number of fused-ring (bicyclic) bond motifs is 2. The lowest BCUT2D eigenvalue weighted by atomic mass is 9.93. The summed E-state index contributed by atoms with van der Waals surface area (Å²) in [4.78, 5) is 0. The van der Waals surface area contributed by atoms with Crippen molar-refractivity contribution < 1.29 is 9.47 Å². The molecule has 0 aliphatic heterocycles. The van der Waals surface area contributed by atoms with E-state index in [-0.39, 0.29) is 0 Å². The van der Waals surface area contributed by atoms with Crippen LogP contribution in [0.5, 0.6) is 11.5 Å². The fourth-order valence-electron chi connectivity index (χ4n) is 3.36. The number of allylic oxidation sites excluding steroid dienone is 2. The first-order chi connectivity index (χ1) is 9.71. The van der Waals surface area contributed by atoms with Crippen molar-refractivity contribution in [3.63, 3.8) is 0 Å². The molecule has 1 aromatic carbocycles. The summed E-state index contributed by atoms with van der Waals surface area (Å²) < 4.78 is 10.6. The predicted molar refractivity (Wildman–Crippen MR) is 81.9 cm³/mol. The Morgan fingerprint density at radius 3 is 2.50 bits per heavy atom. The van der Waals surface area contributed by atoms with Crippen LogP contribution in [-0.4, -0.2) is 20.8 Å². The highest BCUT2D eigenvalue weighted by Gasteiger charge is 2.35. The number of halogens is 1. The highest BCUT2D eigenvalue weighted by Crippen LogP contribution is 2.44. The van der Waals surface area contributed by atoms with Crippen molar-refractivity contribution in [3.05, 3.63) is 29.3 Å². The minimum absolute atomic E-state index is 0.658. The standard InChI is InChI=1S/C16H20ClNO2/c1-19-15-7-13(17)14(8-16(15)20-2)18-9-12-6-10-3-4-11(12)5-10/h3-4,7-8,10-12,18H,5-6,9H2,1-2H3. The number of rotatable bonds is 5. The third-order valence-electron chi connectivity index (χ3n) is 4.44. The molecule has 1 fully saturated rings. The molecule has 1 N–H and O–H groups in total. The van der Waals surface area contributed by atoms with E-state index in [1.54, 1.807) is 20.3 Å². The third kappa shape index (κ3) is 2.47. The maximum atomic E-state index is 6.29. The van der Waals surface area contributed by atoms with E-state index in [4.69, 9.17) is 21.1 Å². The van der Waals surface area contributed by atoms with Gasteiger partial charge >= 0.3 is 0 Å². The second-order valence-electron chi connectivity index (χ2n) is 5.61. The molecule has 3 nitrogen and oxygen atoms in total. The Bertz CT molecular complexity index is 529. The number of nitrogens with one attached hydrogen (secondary N) is 1. The Labute approximate surface area is 124 Å². The summed E-state index contributed by atoms with van der Waals surface area (Å²) in [5, 5.41) is 4.13.